The van der Waals surface area contributed by atoms with Gasteiger partial charge in [-0.05, 0) is 20.8 Å². The molecule has 0 unspecified atom stereocenters. The van der Waals surface area contributed by atoms with Crippen LogP contribution in [-0.4, -0.2) is 90.3 Å². The van der Waals surface area contributed by atoms with E-state index in [1.807, 2.05) is 0 Å². The van der Waals surface area contributed by atoms with E-state index < -0.39 is 35.9 Å². The quantitative estimate of drug-likeness (QED) is 0.418. The highest BCUT2D eigenvalue weighted by atomic mass is 16.6. The van der Waals surface area contributed by atoms with E-state index in [1.54, 1.807) is 20.8 Å². The number of nitrogens with one attached hydrogen (secondary N) is 1. The maximum absolute atomic E-state index is 11.8. The number of hydrogen-bond acceptors (Lipinski definition) is 9. The van der Waals surface area contributed by atoms with Gasteiger partial charge in [0.15, 0.2) is 0 Å². The minimum atomic E-state index is -0.759. The fraction of sp³-hybridized carbons (Fsp3) is 0.824. The minimum absolute atomic E-state index is 0.0919. The maximum Gasteiger partial charge on any atom is 0.411 e. The first kappa shape index (κ1) is 23.1. The number of hydrogen-bond donors (Lipinski definition) is 3. The molecule has 10 nitrogen and oxygen atoms in total. The number of aliphatic hydroxyl groups is 2. The second-order valence-corrected chi connectivity index (χ2v) is 7.43. The summed E-state index contributed by atoms with van der Waals surface area (Å²) in [5.74, 6) is -0.830. The summed E-state index contributed by atoms with van der Waals surface area (Å²) in [5.41, 5.74) is -0.634. The number of methoxy groups -OCH3 is 2. The molecule has 2 aliphatic rings. The third-order valence-corrected chi connectivity index (χ3v) is 3.97. The van der Waals surface area contributed by atoms with Crippen LogP contribution < -0.4 is 5.32 Å². The molecule has 0 aromatic heterocycles. The minimum Gasteiger partial charge on any atom is -0.468 e. The summed E-state index contributed by atoms with van der Waals surface area (Å²) in [5, 5.41) is 21.3. The number of likely N-dealkylation sites (tertiary alicyclic amines) is 1. The van der Waals surface area contributed by atoms with E-state index in [9.17, 15) is 19.5 Å². The van der Waals surface area contributed by atoms with Crippen LogP contribution in [0.4, 0.5) is 4.79 Å². The molecular formula is C17H30N2O8. The predicted octanol–water partition coefficient (Wildman–Crippen LogP) is -0.588. The van der Waals surface area contributed by atoms with Crippen LogP contribution >= 0.6 is 0 Å². The zero-order chi connectivity index (χ0) is 20.8. The lowest BCUT2D eigenvalue weighted by molar-refractivity contribution is -0.145. The molecule has 27 heavy (non-hydrogen) atoms. The van der Waals surface area contributed by atoms with Gasteiger partial charge in [-0.3, -0.25) is 9.69 Å². The molecule has 3 N–H and O–H groups in total. The van der Waals surface area contributed by atoms with E-state index in [0.717, 1.165) is 0 Å². The summed E-state index contributed by atoms with van der Waals surface area (Å²) in [6.07, 6.45) is -1.07. The Bertz CT molecular complexity index is 534. The van der Waals surface area contributed by atoms with Crippen LogP contribution in [0, 0.1) is 0 Å². The number of nitrogens with zero attached hydrogens (tertiary/aromatic N) is 1. The number of amides is 1. The Balaban J connectivity index is 0.000000309. The van der Waals surface area contributed by atoms with Crippen molar-refractivity contribution in [1.29, 1.82) is 0 Å². The Hall–Kier alpha value is -1.91. The van der Waals surface area contributed by atoms with Crippen LogP contribution in [0.1, 0.15) is 33.6 Å². The predicted molar refractivity (Wildman–Crippen MR) is 93.8 cm³/mol. The van der Waals surface area contributed by atoms with Gasteiger partial charge in [0.25, 0.3) is 0 Å². The van der Waals surface area contributed by atoms with Gasteiger partial charge >= 0.3 is 18.0 Å². The molecule has 10 heteroatoms. The summed E-state index contributed by atoms with van der Waals surface area (Å²) in [6.45, 7) is 5.80. The van der Waals surface area contributed by atoms with E-state index in [4.69, 9.17) is 9.84 Å². The van der Waals surface area contributed by atoms with Crippen LogP contribution in [0.25, 0.3) is 0 Å². The normalized spacial score (nSPS) is 27.4. The van der Waals surface area contributed by atoms with Crippen molar-refractivity contribution in [2.75, 3.05) is 27.3 Å². The zero-order valence-corrected chi connectivity index (χ0v) is 16.4. The lowest BCUT2D eigenvalue weighted by Crippen LogP contribution is -2.43. The Morgan fingerprint density at radius 2 is 1.59 bits per heavy atom. The molecule has 156 valence electrons. The number of aliphatic hydroxyl groups excluding tert-OH is 2. The van der Waals surface area contributed by atoms with Crippen LogP contribution in [0.15, 0.2) is 0 Å². The molecule has 2 fully saturated rings. The summed E-state index contributed by atoms with van der Waals surface area (Å²) < 4.78 is 14.2. The molecular weight excluding hydrogens is 360 g/mol. The van der Waals surface area contributed by atoms with Crippen molar-refractivity contribution in [3.8, 4) is 0 Å². The first-order chi connectivity index (χ1) is 12.5. The zero-order valence-electron chi connectivity index (χ0n) is 16.4. The van der Waals surface area contributed by atoms with E-state index in [2.05, 4.69) is 14.8 Å². The van der Waals surface area contributed by atoms with E-state index in [1.165, 1.54) is 19.1 Å². The SMILES string of the molecule is COC(=O)[C@@H]1C[C@@H](O)CN1.COC(=O)[C@@H]1C[C@@H](O)CN1C(=O)OC(C)(C)C. The van der Waals surface area contributed by atoms with Crippen LogP contribution in [0.2, 0.25) is 0 Å². The number of rotatable bonds is 2. The summed E-state index contributed by atoms with van der Waals surface area (Å²) in [7, 11) is 2.59. The van der Waals surface area contributed by atoms with Gasteiger partial charge in [0.05, 0.1) is 33.0 Å². The molecule has 2 aliphatic heterocycles. The second-order valence-electron chi connectivity index (χ2n) is 7.43. The van der Waals surface area contributed by atoms with Crippen molar-refractivity contribution in [1.82, 2.24) is 10.2 Å². The van der Waals surface area contributed by atoms with Gasteiger partial charge < -0.3 is 29.7 Å². The van der Waals surface area contributed by atoms with Gasteiger partial charge in [0, 0.05) is 19.4 Å². The Morgan fingerprint density at radius 3 is 2.04 bits per heavy atom. The number of carbonyl (C=O) groups is 3. The standard InChI is InChI=1S/C11H19NO5.C6H11NO3/c1-11(2,3)17-10(15)12-6-7(13)5-8(12)9(14)16-4;1-10-6(9)5-2-4(8)3-7-5/h7-8,13H,5-6H2,1-4H3;4-5,7-8H,2-3H2,1H3/t7-,8+;4-,5+/m11/s1. The largest absolute Gasteiger partial charge is 0.468 e. The molecule has 0 saturated carbocycles. The average Bonchev–Trinajstić information content (AvgIpc) is 3.18. The van der Waals surface area contributed by atoms with Gasteiger partial charge in [0.1, 0.15) is 17.7 Å². The molecule has 0 aromatic carbocycles. The van der Waals surface area contributed by atoms with Crippen molar-refractivity contribution in [3.05, 3.63) is 0 Å². The van der Waals surface area contributed by atoms with Crippen molar-refractivity contribution in [2.24, 2.45) is 0 Å². The molecule has 2 heterocycles. The van der Waals surface area contributed by atoms with Crippen molar-refractivity contribution in [3.63, 3.8) is 0 Å². The molecule has 4 atom stereocenters. The van der Waals surface area contributed by atoms with Crippen LogP contribution in [-0.2, 0) is 23.8 Å². The molecule has 2 saturated heterocycles. The van der Waals surface area contributed by atoms with E-state index in [-0.39, 0.29) is 25.0 Å². The number of carbonyl (C=O) groups excluding carboxylic acids is 3. The highest BCUT2D eigenvalue weighted by molar-refractivity contribution is 5.82. The molecule has 0 aliphatic carbocycles. The Kier molecular flexibility index (Phi) is 8.45. The average molecular weight is 390 g/mol. The molecule has 0 spiro atoms. The topological polar surface area (TPSA) is 135 Å². The molecule has 0 aromatic rings. The fourth-order valence-electron chi connectivity index (χ4n) is 2.73. The monoisotopic (exact) mass is 390 g/mol. The van der Waals surface area contributed by atoms with Gasteiger partial charge in [-0.15, -0.1) is 0 Å². The maximum atomic E-state index is 11.8. The van der Waals surface area contributed by atoms with Crippen LogP contribution in [0.3, 0.4) is 0 Å². The van der Waals surface area contributed by atoms with Crippen molar-refractivity contribution >= 4 is 18.0 Å². The first-order valence-corrected chi connectivity index (χ1v) is 8.73. The summed E-state index contributed by atoms with van der Waals surface area (Å²) in [6, 6.07) is -1.06. The second kappa shape index (κ2) is 9.86. The number of β-amino-alcohol motifs (C(OH)–C–C–N with tert-alkyl or cyclic N) is 2. The van der Waals surface area contributed by atoms with Gasteiger partial charge in [-0.25, -0.2) is 9.59 Å². The van der Waals surface area contributed by atoms with Gasteiger partial charge in [0.2, 0.25) is 0 Å². The first-order valence-electron chi connectivity index (χ1n) is 8.73. The highest BCUT2D eigenvalue weighted by Gasteiger charge is 2.41. The molecule has 0 bridgehead atoms. The van der Waals surface area contributed by atoms with Crippen molar-refractivity contribution in [2.45, 2.75) is 63.5 Å². The van der Waals surface area contributed by atoms with E-state index >= 15 is 0 Å². The molecule has 2 rings (SSSR count). The molecule has 0 radical (unpaired) electrons. The highest BCUT2D eigenvalue weighted by Crippen LogP contribution is 2.22. The van der Waals surface area contributed by atoms with Crippen molar-refractivity contribution < 1.29 is 38.8 Å². The Morgan fingerprint density at radius 1 is 1.00 bits per heavy atom. The summed E-state index contributed by atoms with van der Waals surface area (Å²) in [4.78, 5) is 35.3. The molecule has 1 amide bonds. The third kappa shape index (κ3) is 7.31. The van der Waals surface area contributed by atoms with Gasteiger partial charge in [-0.2, -0.15) is 0 Å². The lowest BCUT2D eigenvalue weighted by atomic mass is 10.2. The van der Waals surface area contributed by atoms with E-state index in [0.29, 0.717) is 13.0 Å². The number of ether oxygens (including phenoxy) is 3. The fourth-order valence-corrected chi connectivity index (χ4v) is 2.73. The summed E-state index contributed by atoms with van der Waals surface area (Å²) >= 11 is 0. The van der Waals surface area contributed by atoms with Gasteiger partial charge in [-0.1, -0.05) is 0 Å². The third-order valence-electron chi connectivity index (χ3n) is 3.97. The smallest absolute Gasteiger partial charge is 0.411 e. The van der Waals surface area contributed by atoms with Crippen LogP contribution in [0.5, 0.6) is 0 Å². The lowest BCUT2D eigenvalue weighted by Gasteiger charge is -2.27. The Labute approximate surface area is 158 Å². The number of esters is 2.